The Hall–Kier alpha value is -1.32. The number of aryl methyl sites for hydroxylation is 2. The van der Waals surface area contributed by atoms with Crippen LogP contribution < -0.4 is 4.72 Å². The van der Waals surface area contributed by atoms with Gasteiger partial charge in [-0.05, 0) is 13.8 Å². The lowest BCUT2D eigenvalue weighted by atomic mass is 10.5. The normalized spacial score (nSPS) is 11.9. The molecule has 1 N–H and O–H groups in total. The van der Waals surface area contributed by atoms with Crippen molar-refractivity contribution in [2.75, 3.05) is 0 Å². The standard InChI is InChI=1S/C9H13N5O2S2/c1-3-14-10-5-9(13-14)18(15,16)11-4-8-6-17-7(2)12-8/h5-6,11H,3-4H2,1-2H3. The Morgan fingerprint density at radius 1 is 1.50 bits per heavy atom. The minimum Gasteiger partial charge on any atom is -0.245 e. The van der Waals surface area contributed by atoms with Crippen molar-refractivity contribution in [2.45, 2.75) is 32.0 Å². The number of sulfonamides is 1. The summed E-state index contributed by atoms with van der Waals surface area (Å²) in [5.41, 5.74) is 0.698. The molecule has 2 aromatic heterocycles. The molecule has 0 atom stereocenters. The largest absolute Gasteiger partial charge is 0.261 e. The van der Waals surface area contributed by atoms with E-state index in [1.807, 2.05) is 19.2 Å². The highest BCUT2D eigenvalue weighted by Gasteiger charge is 2.18. The molecule has 2 rings (SSSR count). The molecule has 0 radical (unpaired) electrons. The number of nitrogens with one attached hydrogen (secondary N) is 1. The minimum absolute atomic E-state index is 0.0729. The molecular weight excluding hydrogens is 274 g/mol. The van der Waals surface area contributed by atoms with Crippen LogP contribution in [0.5, 0.6) is 0 Å². The van der Waals surface area contributed by atoms with E-state index < -0.39 is 10.0 Å². The van der Waals surface area contributed by atoms with Gasteiger partial charge in [0.15, 0.2) is 0 Å². The highest BCUT2D eigenvalue weighted by Crippen LogP contribution is 2.09. The van der Waals surface area contributed by atoms with Gasteiger partial charge in [0.25, 0.3) is 10.0 Å². The van der Waals surface area contributed by atoms with Crippen LogP contribution in [-0.4, -0.2) is 28.4 Å². The number of hydrogen-bond donors (Lipinski definition) is 1. The van der Waals surface area contributed by atoms with Crippen LogP contribution in [0.3, 0.4) is 0 Å². The summed E-state index contributed by atoms with van der Waals surface area (Å²) < 4.78 is 26.2. The summed E-state index contributed by atoms with van der Waals surface area (Å²) in [5, 5.41) is 10.3. The molecule has 0 bridgehead atoms. The van der Waals surface area contributed by atoms with E-state index in [9.17, 15) is 8.42 Å². The average Bonchev–Trinajstić information content (AvgIpc) is 2.95. The maximum atomic E-state index is 11.9. The fourth-order valence-corrected chi connectivity index (χ4v) is 2.78. The zero-order chi connectivity index (χ0) is 13.2. The molecule has 0 spiro atoms. The zero-order valence-corrected chi connectivity index (χ0v) is 11.6. The lowest BCUT2D eigenvalue weighted by Gasteiger charge is -2.01. The molecule has 0 amide bonds. The molecule has 18 heavy (non-hydrogen) atoms. The van der Waals surface area contributed by atoms with Gasteiger partial charge in [0, 0.05) is 5.38 Å². The minimum atomic E-state index is -3.62. The number of rotatable bonds is 5. The van der Waals surface area contributed by atoms with Crippen molar-refractivity contribution in [2.24, 2.45) is 0 Å². The monoisotopic (exact) mass is 287 g/mol. The number of nitrogens with zero attached hydrogens (tertiary/aromatic N) is 4. The predicted octanol–water partition coefficient (Wildman–Crippen LogP) is 0.541. The zero-order valence-electron chi connectivity index (χ0n) is 9.99. The molecule has 0 saturated carbocycles. The van der Waals surface area contributed by atoms with Crippen molar-refractivity contribution in [1.82, 2.24) is 24.7 Å². The van der Waals surface area contributed by atoms with Crippen molar-refractivity contribution in [3.8, 4) is 0 Å². The Balaban J connectivity index is 2.07. The predicted molar refractivity (Wildman–Crippen MR) is 66.6 cm³/mol. The average molecular weight is 287 g/mol. The van der Waals surface area contributed by atoms with E-state index in [4.69, 9.17) is 0 Å². The van der Waals surface area contributed by atoms with Gasteiger partial charge in [-0.2, -0.15) is 9.90 Å². The van der Waals surface area contributed by atoms with Gasteiger partial charge in [0.1, 0.15) is 0 Å². The van der Waals surface area contributed by atoms with E-state index in [0.717, 1.165) is 5.01 Å². The molecule has 0 fully saturated rings. The second-order valence-corrected chi connectivity index (χ2v) is 6.33. The molecule has 0 saturated heterocycles. The fourth-order valence-electron chi connectivity index (χ4n) is 1.29. The third-order valence-electron chi connectivity index (χ3n) is 2.18. The van der Waals surface area contributed by atoms with Crippen molar-refractivity contribution < 1.29 is 8.42 Å². The molecule has 0 aliphatic heterocycles. The van der Waals surface area contributed by atoms with Crippen molar-refractivity contribution in [3.05, 3.63) is 22.3 Å². The van der Waals surface area contributed by atoms with E-state index in [0.29, 0.717) is 12.2 Å². The van der Waals surface area contributed by atoms with Crippen LogP contribution in [-0.2, 0) is 23.1 Å². The summed E-state index contributed by atoms with van der Waals surface area (Å²) in [4.78, 5) is 5.50. The highest BCUT2D eigenvalue weighted by atomic mass is 32.2. The summed E-state index contributed by atoms with van der Waals surface area (Å²) >= 11 is 1.48. The van der Waals surface area contributed by atoms with Gasteiger partial charge in [0.05, 0.1) is 30.0 Å². The SMILES string of the molecule is CCn1ncc(S(=O)(=O)NCc2csc(C)n2)n1. The molecule has 0 aliphatic rings. The molecular formula is C9H13N5O2S2. The van der Waals surface area contributed by atoms with E-state index in [2.05, 4.69) is 19.9 Å². The van der Waals surface area contributed by atoms with Crippen LogP contribution in [0.4, 0.5) is 0 Å². The Morgan fingerprint density at radius 3 is 2.83 bits per heavy atom. The smallest absolute Gasteiger partial charge is 0.245 e. The first-order chi connectivity index (χ1) is 8.51. The van der Waals surface area contributed by atoms with Crippen LogP contribution in [0.1, 0.15) is 17.6 Å². The molecule has 98 valence electrons. The third-order valence-corrected chi connectivity index (χ3v) is 4.27. The lowest BCUT2D eigenvalue weighted by molar-refractivity contribution is 0.545. The summed E-state index contributed by atoms with van der Waals surface area (Å²) in [6.45, 7) is 4.39. The van der Waals surface area contributed by atoms with E-state index in [1.54, 1.807) is 0 Å². The second-order valence-electron chi connectivity index (χ2n) is 3.55. The molecule has 7 nitrogen and oxygen atoms in total. The van der Waals surface area contributed by atoms with Crippen LogP contribution in [0.25, 0.3) is 0 Å². The van der Waals surface area contributed by atoms with E-state index in [1.165, 1.54) is 22.3 Å². The lowest BCUT2D eigenvalue weighted by Crippen LogP contribution is -2.24. The van der Waals surface area contributed by atoms with Gasteiger partial charge < -0.3 is 0 Å². The first-order valence-corrected chi connectivity index (χ1v) is 7.68. The van der Waals surface area contributed by atoms with Gasteiger partial charge in [-0.3, -0.25) is 0 Å². The third kappa shape index (κ3) is 2.92. The molecule has 2 aromatic rings. The van der Waals surface area contributed by atoms with Gasteiger partial charge in [-0.25, -0.2) is 18.1 Å². The molecule has 2 heterocycles. The quantitative estimate of drug-likeness (QED) is 0.867. The van der Waals surface area contributed by atoms with Crippen molar-refractivity contribution in [3.63, 3.8) is 0 Å². The van der Waals surface area contributed by atoms with Crippen LogP contribution in [0, 0.1) is 6.92 Å². The fraction of sp³-hybridized carbons (Fsp3) is 0.444. The molecule has 0 unspecified atom stereocenters. The number of hydrogen-bond acceptors (Lipinski definition) is 6. The summed E-state index contributed by atoms with van der Waals surface area (Å²) in [6, 6.07) is 0. The molecule has 9 heteroatoms. The van der Waals surface area contributed by atoms with Crippen LogP contribution >= 0.6 is 11.3 Å². The van der Waals surface area contributed by atoms with Gasteiger partial charge >= 0.3 is 0 Å². The Morgan fingerprint density at radius 2 is 2.28 bits per heavy atom. The Labute approximate surface area is 109 Å². The van der Waals surface area contributed by atoms with Gasteiger partial charge in [0.2, 0.25) is 5.03 Å². The van der Waals surface area contributed by atoms with Gasteiger partial charge in [-0.15, -0.1) is 16.4 Å². The Bertz CT molecular complexity index is 631. The first kappa shape index (κ1) is 13.1. The maximum absolute atomic E-state index is 11.9. The van der Waals surface area contributed by atoms with E-state index in [-0.39, 0.29) is 11.6 Å². The highest BCUT2D eigenvalue weighted by molar-refractivity contribution is 7.89. The number of aromatic nitrogens is 4. The van der Waals surface area contributed by atoms with Gasteiger partial charge in [-0.1, -0.05) is 0 Å². The first-order valence-electron chi connectivity index (χ1n) is 5.32. The summed E-state index contributed by atoms with van der Waals surface area (Å²) in [6.07, 6.45) is 1.23. The van der Waals surface area contributed by atoms with Crippen LogP contribution in [0.2, 0.25) is 0 Å². The second kappa shape index (κ2) is 5.12. The van der Waals surface area contributed by atoms with E-state index >= 15 is 0 Å². The Kier molecular flexibility index (Phi) is 3.73. The van der Waals surface area contributed by atoms with Crippen molar-refractivity contribution >= 4 is 21.4 Å². The maximum Gasteiger partial charge on any atom is 0.261 e. The van der Waals surface area contributed by atoms with Crippen molar-refractivity contribution in [1.29, 1.82) is 0 Å². The topological polar surface area (TPSA) is 89.8 Å². The molecule has 0 aromatic carbocycles. The summed E-state index contributed by atoms with van der Waals surface area (Å²) in [5.74, 6) is 0. The summed E-state index contributed by atoms with van der Waals surface area (Å²) in [7, 11) is -3.62. The number of thiazole rings is 1. The van der Waals surface area contributed by atoms with Crippen LogP contribution in [0.15, 0.2) is 16.6 Å². The molecule has 0 aliphatic carbocycles.